The van der Waals surface area contributed by atoms with Crippen molar-refractivity contribution >= 4 is 23.4 Å². The van der Waals surface area contributed by atoms with Crippen LogP contribution in [0.4, 0.5) is 5.69 Å². The van der Waals surface area contributed by atoms with Gasteiger partial charge < -0.3 is 11.1 Å². The first-order chi connectivity index (χ1) is 7.04. The zero-order valence-corrected chi connectivity index (χ0v) is 10.0. The summed E-state index contributed by atoms with van der Waals surface area (Å²) >= 11 is 1.64. The zero-order chi connectivity index (χ0) is 11.4. The van der Waals surface area contributed by atoms with Gasteiger partial charge in [0.2, 0.25) is 0 Å². The summed E-state index contributed by atoms with van der Waals surface area (Å²) in [6.45, 7) is 4.17. The molecule has 0 saturated carbocycles. The molecule has 1 amide bonds. The van der Waals surface area contributed by atoms with Crippen molar-refractivity contribution in [3.8, 4) is 0 Å². The number of nitrogens with one attached hydrogen (secondary N) is 1. The second-order valence-electron chi connectivity index (χ2n) is 3.50. The van der Waals surface area contributed by atoms with Gasteiger partial charge in [-0.25, -0.2) is 0 Å². The van der Waals surface area contributed by atoms with Crippen LogP contribution in [0.5, 0.6) is 0 Å². The van der Waals surface area contributed by atoms with Gasteiger partial charge in [-0.3, -0.25) is 4.79 Å². The molecular formula is C11H16N2OS. The molecule has 0 aliphatic carbocycles. The van der Waals surface area contributed by atoms with Gasteiger partial charge in [0.25, 0.3) is 5.91 Å². The Morgan fingerprint density at radius 3 is 2.67 bits per heavy atom. The van der Waals surface area contributed by atoms with Gasteiger partial charge in [-0.1, -0.05) is 13.8 Å². The van der Waals surface area contributed by atoms with Crippen LogP contribution in [0, 0.1) is 0 Å². The second kappa shape index (κ2) is 5.07. The van der Waals surface area contributed by atoms with Gasteiger partial charge in [0, 0.05) is 22.9 Å². The normalized spacial score (nSPS) is 10.4. The summed E-state index contributed by atoms with van der Waals surface area (Å²) < 4.78 is 0. The third kappa shape index (κ3) is 3.16. The van der Waals surface area contributed by atoms with Gasteiger partial charge in [0.05, 0.1) is 5.56 Å². The molecule has 0 aromatic heterocycles. The van der Waals surface area contributed by atoms with Crippen LogP contribution in [-0.2, 0) is 0 Å². The van der Waals surface area contributed by atoms with E-state index in [1.165, 1.54) is 0 Å². The molecule has 0 unspecified atom stereocenters. The number of nitrogen functional groups attached to an aromatic ring is 1. The van der Waals surface area contributed by atoms with Crippen molar-refractivity contribution in [2.45, 2.75) is 24.0 Å². The highest BCUT2D eigenvalue weighted by Gasteiger charge is 2.11. The van der Waals surface area contributed by atoms with Gasteiger partial charge in [-0.2, -0.15) is 0 Å². The van der Waals surface area contributed by atoms with Crippen molar-refractivity contribution in [1.82, 2.24) is 5.32 Å². The maximum atomic E-state index is 11.6. The molecule has 0 atom stereocenters. The standard InChI is InChI=1S/C11H16N2OS/c1-7(2)15-10-6-8(12)4-5-9(10)11(14)13-3/h4-7H,12H2,1-3H3,(H,13,14). The van der Waals surface area contributed by atoms with E-state index >= 15 is 0 Å². The highest BCUT2D eigenvalue weighted by atomic mass is 32.2. The molecule has 15 heavy (non-hydrogen) atoms. The number of thioether (sulfide) groups is 1. The first kappa shape index (κ1) is 11.9. The van der Waals surface area contributed by atoms with Crippen LogP contribution in [0.2, 0.25) is 0 Å². The number of nitrogens with two attached hydrogens (primary N) is 1. The van der Waals surface area contributed by atoms with E-state index in [-0.39, 0.29) is 5.91 Å². The molecule has 0 saturated heterocycles. The molecule has 3 N–H and O–H groups in total. The van der Waals surface area contributed by atoms with E-state index in [4.69, 9.17) is 5.73 Å². The summed E-state index contributed by atoms with van der Waals surface area (Å²) in [5, 5.41) is 3.05. The maximum absolute atomic E-state index is 11.6. The zero-order valence-electron chi connectivity index (χ0n) is 9.20. The number of benzene rings is 1. The molecule has 1 aromatic rings. The summed E-state index contributed by atoms with van der Waals surface area (Å²) in [7, 11) is 1.63. The Balaban J connectivity index is 3.08. The van der Waals surface area contributed by atoms with Crippen molar-refractivity contribution in [2.75, 3.05) is 12.8 Å². The van der Waals surface area contributed by atoms with Crippen molar-refractivity contribution in [3.05, 3.63) is 23.8 Å². The molecule has 0 aliphatic heterocycles. The van der Waals surface area contributed by atoms with Crippen LogP contribution in [0.25, 0.3) is 0 Å². The molecule has 0 spiro atoms. The minimum absolute atomic E-state index is 0.0712. The quantitative estimate of drug-likeness (QED) is 0.611. The summed E-state index contributed by atoms with van der Waals surface area (Å²) in [6.07, 6.45) is 0. The Bertz CT molecular complexity index is 364. The number of rotatable bonds is 3. The Hall–Kier alpha value is -1.16. The van der Waals surface area contributed by atoms with E-state index < -0.39 is 0 Å². The summed E-state index contributed by atoms with van der Waals surface area (Å²) in [5.74, 6) is -0.0712. The van der Waals surface area contributed by atoms with Crippen molar-refractivity contribution in [3.63, 3.8) is 0 Å². The third-order valence-electron chi connectivity index (χ3n) is 1.84. The highest BCUT2D eigenvalue weighted by molar-refractivity contribution is 8.00. The second-order valence-corrected chi connectivity index (χ2v) is 5.12. The fourth-order valence-corrected chi connectivity index (χ4v) is 2.21. The van der Waals surface area contributed by atoms with Crippen molar-refractivity contribution in [2.24, 2.45) is 0 Å². The summed E-state index contributed by atoms with van der Waals surface area (Å²) in [6, 6.07) is 5.35. The lowest BCUT2D eigenvalue weighted by Gasteiger charge is -2.10. The van der Waals surface area contributed by atoms with Crippen LogP contribution in [0.3, 0.4) is 0 Å². The van der Waals surface area contributed by atoms with E-state index in [0.29, 0.717) is 16.5 Å². The smallest absolute Gasteiger partial charge is 0.252 e. The SMILES string of the molecule is CNC(=O)c1ccc(N)cc1SC(C)C. The fraction of sp³-hybridized carbons (Fsp3) is 0.364. The molecule has 1 aromatic carbocycles. The molecule has 0 heterocycles. The minimum atomic E-state index is -0.0712. The molecule has 4 heteroatoms. The van der Waals surface area contributed by atoms with Gasteiger partial charge in [0.1, 0.15) is 0 Å². The number of carbonyl (C=O) groups excluding carboxylic acids is 1. The van der Waals surface area contributed by atoms with Crippen LogP contribution in [0.15, 0.2) is 23.1 Å². The van der Waals surface area contributed by atoms with E-state index in [1.54, 1.807) is 30.9 Å². The van der Waals surface area contributed by atoms with Crippen molar-refractivity contribution < 1.29 is 4.79 Å². The lowest BCUT2D eigenvalue weighted by molar-refractivity contribution is 0.0960. The number of hydrogen-bond donors (Lipinski definition) is 2. The minimum Gasteiger partial charge on any atom is -0.399 e. The lowest BCUT2D eigenvalue weighted by atomic mass is 10.2. The van der Waals surface area contributed by atoms with E-state index in [9.17, 15) is 4.79 Å². The van der Waals surface area contributed by atoms with Gasteiger partial charge >= 0.3 is 0 Å². The first-order valence-electron chi connectivity index (χ1n) is 4.83. The summed E-state index contributed by atoms with van der Waals surface area (Å²) in [4.78, 5) is 12.5. The lowest BCUT2D eigenvalue weighted by Crippen LogP contribution is -2.18. The van der Waals surface area contributed by atoms with Gasteiger partial charge in [-0.15, -0.1) is 11.8 Å². The molecule has 0 bridgehead atoms. The number of hydrogen-bond acceptors (Lipinski definition) is 3. The largest absolute Gasteiger partial charge is 0.399 e. The molecule has 3 nitrogen and oxygen atoms in total. The van der Waals surface area contributed by atoms with Crippen molar-refractivity contribution in [1.29, 1.82) is 0 Å². The third-order valence-corrected chi connectivity index (χ3v) is 2.90. The Morgan fingerprint density at radius 2 is 2.13 bits per heavy atom. The van der Waals surface area contributed by atoms with Crippen LogP contribution in [-0.4, -0.2) is 18.2 Å². The number of anilines is 1. The van der Waals surface area contributed by atoms with Gasteiger partial charge in [0.15, 0.2) is 0 Å². The summed E-state index contributed by atoms with van der Waals surface area (Å²) in [5.41, 5.74) is 7.07. The average Bonchev–Trinajstić information content (AvgIpc) is 2.16. The molecule has 0 fully saturated rings. The highest BCUT2D eigenvalue weighted by Crippen LogP contribution is 2.28. The molecule has 82 valence electrons. The molecule has 1 rings (SSSR count). The van der Waals surface area contributed by atoms with Crippen LogP contribution >= 0.6 is 11.8 Å². The molecule has 0 radical (unpaired) electrons. The Kier molecular flexibility index (Phi) is 4.03. The first-order valence-corrected chi connectivity index (χ1v) is 5.71. The molecular weight excluding hydrogens is 208 g/mol. The average molecular weight is 224 g/mol. The Morgan fingerprint density at radius 1 is 1.47 bits per heavy atom. The number of amides is 1. The topological polar surface area (TPSA) is 55.1 Å². The molecule has 0 aliphatic rings. The van der Waals surface area contributed by atoms with Gasteiger partial charge in [-0.05, 0) is 18.2 Å². The maximum Gasteiger partial charge on any atom is 0.252 e. The Labute approximate surface area is 94.4 Å². The monoisotopic (exact) mass is 224 g/mol. The predicted octanol–water partition coefficient (Wildman–Crippen LogP) is 2.13. The van der Waals surface area contributed by atoms with E-state index in [1.807, 2.05) is 6.07 Å². The van der Waals surface area contributed by atoms with E-state index in [0.717, 1.165) is 4.90 Å². The van der Waals surface area contributed by atoms with Crippen LogP contribution < -0.4 is 11.1 Å². The van der Waals surface area contributed by atoms with E-state index in [2.05, 4.69) is 19.2 Å². The number of carbonyl (C=O) groups is 1. The fourth-order valence-electron chi connectivity index (χ4n) is 1.21. The van der Waals surface area contributed by atoms with Crippen LogP contribution in [0.1, 0.15) is 24.2 Å². The predicted molar refractivity (Wildman–Crippen MR) is 65.2 cm³/mol.